The molecule has 1 unspecified atom stereocenters. The lowest BCUT2D eigenvalue weighted by Gasteiger charge is -2.16. The molecular formula is C13H16ClIN4. The third-order valence-electron chi connectivity index (χ3n) is 3.12. The summed E-state index contributed by atoms with van der Waals surface area (Å²) in [6.07, 6.45) is 5.49. The number of nitrogens with two attached hydrogens (primary N) is 1. The van der Waals surface area contributed by atoms with Crippen molar-refractivity contribution in [3.63, 3.8) is 0 Å². The van der Waals surface area contributed by atoms with Crippen LogP contribution < -0.4 is 11.3 Å². The van der Waals surface area contributed by atoms with Crippen LogP contribution in [0.5, 0.6) is 0 Å². The first-order valence-electron chi connectivity index (χ1n) is 5.99. The molecule has 4 nitrogen and oxygen atoms in total. The van der Waals surface area contributed by atoms with Crippen molar-refractivity contribution in [2.75, 3.05) is 0 Å². The number of nitrogens with zero attached hydrogens (tertiary/aromatic N) is 2. The summed E-state index contributed by atoms with van der Waals surface area (Å²) >= 11 is 8.36. The minimum absolute atomic E-state index is 0.0752. The van der Waals surface area contributed by atoms with Crippen LogP contribution in [0, 0.1) is 3.57 Å². The highest BCUT2D eigenvalue weighted by Crippen LogP contribution is 2.25. The molecule has 1 atom stereocenters. The molecule has 2 rings (SSSR count). The molecule has 0 aliphatic rings. The first kappa shape index (κ1) is 14.8. The van der Waals surface area contributed by atoms with Gasteiger partial charge in [0, 0.05) is 35.5 Å². The lowest BCUT2D eigenvalue weighted by Crippen LogP contribution is -2.28. The average molecular weight is 391 g/mol. The van der Waals surface area contributed by atoms with Gasteiger partial charge in [-0.15, -0.1) is 0 Å². The van der Waals surface area contributed by atoms with Crippen molar-refractivity contribution < 1.29 is 0 Å². The molecule has 0 amide bonds. The van der Waals surface area contributed by atoms with E-state index in [1.165, 1.54) is 0 Å². The van der Waals surface area contributed by atoms with Gasteiger partial charge >= 0.3 is 0 Å². The molecule has 19 heavy (non-hydrogen) atoms. The van der Waals surface area contributed by atoms with Gasteiger partial charge in [0.05, 0.1) is 5.02 Å². The van der Waals surface area contributed by atoms with Gasteiger partial charge in [-0.2, -0.15) is 0 Å². The van der Waals surface area contributed by atoms with Gasteiger partial charge < -0.3 is 4.57 Å². The van der Waals surface area contributed by atoms with Crippen molar-refractivity contribution in [2.24, 2.45) is 12.9 Å². The van der Waals surface area contributed by atoms with E-state index in [4.69, 9.17) is 17.4 Å². The molecule has 1 heterocycles. The number of hydrogen-bond donors (Lipinski definition) is 2. The Kier molecular flexibility index (Phi) is 5.20. The standard InChI is InChI=1S/C13H16ClIN4/c1-19-7-6-17-13(19)5-4-12(18-16)9-2-3-11(15)10(14)8-9/h2-3,6-8,12,18H,4-5,16H2,1H3. The van der Waals surface area contributed by atoms with Crippen molar-refractivity contribution in [1.29, 1.82) is 0 Å². The Morgan fingerprint density at radius 3 is 2.89 bits per heavy atom. The van der Waals surface area contributed by atoms with Crippen LogP contribution in [-0.2, 0) is 13.5 Å². The van der Waals surface area contributed by atoms with Gasteiger partial charge in [-0.25, -0.2) is 4.98 Å². The van der Waals surface area contributed by atoms with E-state index in [2.05, 4.69) is 39.1 Å². The number of hydrazine groups is 1. The average Bonchev–Trinajstić information content (AvgIpc) is 2.80. The minimum Gasteiger partial charge on any atom is -0.338 e. The molecule has 1 aromatic carbocycles. The van der Waals surface area contributed by atoms with Gasteiger partial charge in [0.15, 0.2) is 0 Å². The number of rotatable bonds is 5. The summed E-state index contributed by atoms with van der Waals surface area (Å²) in [7, 11) is 1.99. The van der Waals surface area contributed by atoms with E-state index >= 15 is 0 Å². The van der Waals surface area contributed by atoms with Gasteiger partial charge in [0.2, 0.25) is 0 Å². The quantitative estimate of drug-likeness (QED) is 0.469. The van der Waals surface area contributed by atoms with Gasteiger partial charge in [-0.05, 0) is 46.7 Å². The van der Waals surface area contributed by atoms with E-state index in [0.29, 0.717) is 0 Å². The molecule has 0 saturated heterocycles. The maximum absolute atomic E-state index is 6.15. The lowest BCUT2D eigenvalue weighted by atomic mass is 10.0. The second-order valence-corrected chi connectivity index (χ2v) is 5.96. The summed E-state index contributed by atoms with van der Waals surface area (Å²) in [5, 5.41) is 0.760. The molecule has 102 valence electrons. The van der Waals surface area contributed by atoms with E-state index in [1.54, 1.807) is 0 Å². The van der Waals surface area contributed by atoms with Crippen molar-refractivity contribution in [1.82, 2.24) is 15.0 Å². The summed E-state index contributed by atoms with van der Waals surface area (Å²) in [6, 6.07) is 6.10. The molecule has 0 aliphatic carbocycles. The highest BCUT2D eigenvalue weighted by atomic mass is 127. The Balaban J connectivity index is 2.07. The smallest absolute Gasteiger partial charge is 0.108 e. The number of imidazole rings is 1. The predicted molar refractivity (Wildman–Crippen MR) is 85.8 cm³/mol. The fourth-order valence-electron chi connectivity index (χ4n) is 1.99. The van der Waals surface area contributed by atoms with Crippen LogP contribution in [0.1, 0.15) is 23.9 Å². The van der Waals surface area contributed by atoms with Crippen LogP contribution in [0.25, 0.3) is 0 Å². The second-order valence-electron chi connectivity index (χ2n) is 4.39. The fourth-order valence-corrected chi connectivity index (χ4v) is 2.51. The monoisotopic (exact) mass is 390 g/mol. The third kappa shape index (κ3) is 3.68. The van der Waals surface area contributed by atoms with E-state index in [-0.39, 0.29) is 6.04 Å². The molecule has 3 N–H and O–H groups in total. The number of benzene rings is 1. The van der Waals surface area contributed by atoms with E-state index in [0.717, 1.165) is 32.8 Å². The molecule has 0 aliphatic heterocycles. The summed E-state index contributed by atoms with van der Waals surface area (Å²) in [4.78, 5) is 4.31. The number of aryl methyl sites for hydroxylation is 2. The van der Waals surface area contributed by atoms with Gasteiger partial charge in [-0.1, -0.05) is 17.7 Å². The van der Waals surface area contributed by atoms with Crippen LogP contribution in [0.15, 0.2) is 30.6 Å². The number of aromatic nitrogens is 2. The molecule has 1 aromatic heterocycles. The SMILES string of the molecule is Cn1ccnc1CCC(NN)c1ccc(I)c(Cl)c1. The molecule has 6 heteroatoms. The van der Waals surface area contributed by atoms with Gasteiger partial charge in [0.1, 0.15) is 5.82 Å². The number of hydrogen-bond acceptors (Lipinski definition) is 3. The topological polar surface area (TPSA) is 55.9 Å². The zero-order valence-electron chi connectivity index (χ0n) is 10.6. The first-order chi connectivity index (χ1) is 9.11. The largest absolute Gasteiger partial charge is 0.338 e. The Labute approximate surface area is 131 Å². The molecule has 0 bridgehead atoms. The normalized spacial score (nSPS) is 12.6. The summed E-state index contributed by atoms with van der Waals surface area (Å²) in [5.74, 6) is 6.70. The molecule has 0 fully saturated rings. The third-order valence-corrected chi connectivity index (χ3v) is 4.70. The summed E-state index contributed by atoms with van der Waals surface area (Å²) < 4.78 is 3.07. The minimum atomic E-state index is 0.0752. The first-order valence-corrected chi connectivity index (χ1v) is 7.44. The lowest BCUT2D eigenvalue weighted by molar-refractivity contribution is 0.506. The number of halogens is 2. The molecular weight excluding hydrogens is 375 g/mol. The zero-order chi connectivity index (χ0) is 13.8. The maximum Gasteiger partial charge on any atom is 0.108 e. The Morgan fingerprint density at radius 1 is 1.53 bits per heavy atom. The predicted octanol–water partition coefficient (Wildman–Crippen LogP) is 2.82. The maximum atomic E-state index is 6.15. The van der Waals surface area contributed by atoms with Crippen molar-refractivity contribution in [3.05, 3.63) is 50.6 Å². The number of nitrogens with one attached hydrogen (secondary N) is 1. The molecule has 0 radical (unpaired) electrons. The highest BCUT2D eigenvalue weighted by molar-refractivity contribution is 14.1. The van der Waals surface area contributed by atoms with Crippen LogP contribution in [-0.4, -0.2) is 9.55 Å². The van der Waals surface area contributed by atoms with Crippen molar-refractivity contribution >= 4 is 34.2 Å². The van der Waals surface area contributed by atoms with E-state index in [9.17, 15) is 0 Å². The van der Waals surface area contributed by atoms with Crippen LogP contribution >= 0.6 is 34.2 Å². The van der Waals surface area contributed by atoms with Crippen molar-refractivity contribution in [3.8, 4) is 0 Å². The van der Waals surface area contributed by atoms with Crippen molar-refractivity contribution in [2.45, 2.75) is 18.9 Å². The summed E-state index contributed by atoms with van der Waals surface area (Å²) in [6.45, 7) is 0. The Bertz CT molecular complexity index is 555. The fraction of sp³-hybridized carbons (Fsp3) is 0.308. The van der Waals surface area contributed by atoms with Gasteiger partial charge in [-0.3, -0.25) is 11.3 Å². The van der Waals surface area contributed by atoms with Gasteiger partial charge in [0.25, 0.3) is 0 Å². The van der Waals surface area contributed by atoms with Crippen LogP contribution in [0.4, 0.5) is 0 Å². The second kappa shape index (κ2) is 6.69. The highest BCUT2D eigenvalue weighted by Gasteiger charge is 2.12. The molecule has 0 spiro atoms. The molecule has 0 saturated carbocycles. The van der Waals surface area contributed by atoms with E-state index in [1.807, 2.05) is 36.1 Å². The molecule has 2 aromatic rings. The zero-order valence-corrected chi connectivity index (χ0v) is 13.5. The van der Waals surface area contributed by atoms with Crippen LogP contribution in [0.2, 0.25) is 5.02 Å². The Hall–Kier alpha value is -0.630. The van der Waals surface area contributed by atoms with E-state index < -0.39 is 0 Å². The van der Waals surface area contributed by atoms with Crippen LogP contribution in [0.3, 0.4) is 0 Å². The summed E-state index contributed by atoms with van der Waals surface area (Å²) in [5.41, 5.74) is 3.95. The Morgan fingerprint density at radius 2 is 2.32 bits per heavy atom.